The molecule has 5 nitrogen and oxygen atoms in total. The molecule has 2 saturated heterocycles. The first-order valence-electron chi connectivity index (χ1n) is 7.52. The predicted molar refractivity (Wildman–Crippen MR) is 74.6 cm³/mol. The van der Waals surface area contributed by atoms with Crippen LogP contribution in [0.15, 0.2) is 0 Å². The Morgan fingerprint density at radius 2 is 2.05 bits per heavy atom. The van der Waals surface area contributed by atoms with E-state index in [2.05, 4.69) is 16.7 Å². The van der Waals surface area contributed by atoms with Crippen molar-refractivity contribution in [3.8, 4) is 0 Å². The zero-order valence-electron chi connectivity index (χ0n) is 12.4. The topological polar surface area (TPSA) is 56.5 Å². The van der Waals surface area contributed by atoms with Crippen LogP contribution >= 0.6 is 0 Å². The van der Waals surface area contributed by atoms with Gasteiger partial charge in [-0.25, -0.2) is 0 Å². The van der Waals surface area contributed by atoms with Crippen molar-refractivity contribution in [2.45, 2.75) is 57.8 Å². The molecule has 1 aromatic rings. The molecule has 2 fully saturated rings. The minimum absolute atomic E-state index is 0.0210. The molecule has 0 radical (unpaired) electrons. The average Bonchev–Trinajstić information content (AvgIpc) is 2.74. The highest BCUT2D eigenvalue weighted by Gasteiger charge is 2.40. The third kappa shape index (κ3) is 2.38. The van der Waals surface area contributed by atoms with Gasteiger partial charge in [-0.05, 0) is 39.5 Å². The van der Waals surface area contributed by atoms with Crippen LogP contribution in [0.2, 0.25) is 0 Å². The van der Waals surface area contributed by atoms with Gasteiger partial charge in [0.2, 0.25) is 0 Å². The van der Waals surface area contributed by atoms with Gasteiger partial charge < -0.3 is 14.6 Å². The molecule has 0 aliphatic carbocycles. The SMILES string of the molecule is Cc1nn(C2CCOC3(CCOCC3)C2)c(C)c1CO. The van der Waals surface area contributed by atoms with Crippen molar-refractivity contribution in [1.29, 1.82) is 0 Å². The first-order valence-corrected chi connectivity index (χ1v) is 7.52. The molecule has 5 heteroatoms. The lowest BCUT2D eigenvalue weighted by molar-refractivity contribution is -0.145. The average molecular weight is 280 g/mol. The van der Waals surface area contributed by atoms with Crippen LogP contribution in [0.25, 0.3) is 0 Å². The van der Waals surface area contributed by atoms with E-state index in [9.17, 15) is 5.11 Å². The van der Waals surface area contributed by atoms with Crippen molar-refractivity contribution in [3.05, 3.63) is 17.0 Å². The monoisotopic (exact) mass is 280 g/mol. The molecule has 20 heavy (non-hydrogen) atoms. The third-order valence-corrected chi connectivity index (χ3v) is 4.85. The Hall–Kier alpha value is -0.910. The summed E-state index contributed by atoms with van der Waals surface area (Å²) in [5.41, 5.74) is 2.99. The minimum Gasteiger partial charge on any atom is -0.392 e. The smallest absolute Gasteiger partial charge is 0.0746 e. The Morgan fingerprint density at radius 3 is 2.70 bits per heavy atom. The van der Waals surface area contributed by atoms with Crippen molar-refractivity contribution in [1.82, 2.24) is 9.78 Å². The van der Waals surface area contributed by atoms with Crippen molar-refractivity contribution in [3.63, 3.8) is 0 Å². The number of rotatable bonds is 2. The fraction of sp³-hybridized carbons (Fsp3) is 0.800. The summed E-state index contributed by atoms with van der Waals surface area (Å²) in [6.07, 6.45) is 3.96. The molecular weight excluding hydrogens is 256 g/mol. The molecule has 1 unspecified atom stereocenters. The second-order valence-electron chi connectivity index (χ2n) is 6.04. The van der Waals surface area contributed by atoms with E-state index in [1.807, 2.05) is 6.92 Å². The molecule has 3 heterocycles. The van der Waals surface area contributed by atoms with Gasteiger partial charge in [0.1, 0.15) is 0 Å². The number of hydrogen-bond acceptors (Lipinski definition) is 4. The molecule has 0 aromatic carbocycles. The maximum Gasteiger partial charge on any atom is 0.0746 e. The van der Waals surface area contributed by atoms with Crippen LogP contribution in [0, 0.1) is 13.8 Å². The van der Waals surface area contributed by atoms with Crippen LogP contribution in [0.3, 0.4) is 0 Å². The Balaban J connectivity index is 1.83. The van der Waals surface area contributed by atoms with E-state index in [0.717, 1.165) is 62.5 Å². The van der Waals surface area contributed by atoms with Gasteiger partial charge in [-0.3, -0.25) is 4.68 Å². The number of aliphatic hydroxyl groups excluding tert-OH is 1. The first kappa shape index (κ1) is 14.0. The second kappa shape index (κ2) is 5.47. The number of nitrogens with zero attached hydrogens (tertiary/aromatic N) is 2. The predicted octanol–water partition coefficient (Wildman–Crippen LogP) is 1.89. The van der Waals surface area contributed by atoms with E-state index in [-0.39, 0.29) is 12.2 Å². The first-order chi connectivity index (χ1) is 9.65. The summed E-state index contributed by atoms with van der Waals surface area (Å²) in [6, 6.07) is 0.376. The quantitative estimate of drug-likeness (QED) is 0.899. The number of aromatic nitrogens is 2. The maximum atomic E-state index is 9.46. The van der Waals surface area contributed by atoms with Crippen molar-refractivity contribution >= 4 is 0 Å². The molecule has 0 saturated carbocycles. The van der Waals surface area contributed by atoms with Crippen molar-refractivity contribution < 1.29 is 14.6 Å². The van der Waals surface area contributed by atoms with E-state index in [4.69, 9.17) is 9.47 Å². The molecule has 0 bridgehead atoms. The van der Waals surface area contributed by atoms with Crippen LogP contribution in [-0.2, 0) is 16.1 Å². The number of ether oxygens (including phenoxy) is 2. The summed E-state index contributed by atoms with van der Waals surface area (Å²) < 4.78 is 13.7. The van der Waals surface area contributed by atoms with E-state index >= 15 is 0 Å². The minimum atomic E-state index is -0.0210. The van der Waals surface area contributed by atoms with Gasteiger partial charge in [0.15, 0.2) is 0 Å². The molecule has 1 N–H and O–H groups in total. The summed E-state index contributed by atoms with van der Waals surface area (Å²) in [5, 5.41) is 14.1. The van der Waals surface area contributed by atoms with E-state index in [0.29, 0.717) is 6.04 Å². The maximum absolute atomic E-state index is 9.46. The molecular formula is C15H24N2O3. The summed E-state index contributed by atoms with van der Waals surface area (Å²) in [7, 11) is 0. The Bertz CT molecular complexity index is 472. The number of aryl methyl sites for hydroxylation is 1. The fourth-order valence-electron chi connectivity index (χ4n) is 3.58. The van der Waals surface area contributed by atoms with Gasteiger partial charge in [-0.15, -0.1) is 0 Å². The largest absolute Gasteiger partial charge is 0.392 e. The third-order valence-electron chi connectivity index (χ3n) is 4.85. The van der Waals surface area contributed by atoms with Gasteiger partial charge in [0.05, 0.1) is 23.9 Å². The van der Waals surface area contributed by atoms with Crippen LogP contribution in [0.4, 0.5) is 0 Å². The lowest BCUT2D eigenvalue weighted by Gasteiger charge is -2.43. The lowest BCUT2D eigenvalue weighted by Crippen LogP contribution is -2.45. The normalized spacial score (nSPS) is 26.1. The van der Waals surface area contributed by atoms with E-state index in [1.165, 1.54) is 0 Å². The Morgan fingerprint density at radius 1 is 1.30 bits per heavy atom. The molecule has 1 spiro atoms. The fourth-order valence-corrected chi connectivity index (χ4v) is 3.58. The molecule has 1 atom stereocenters. The molecule has 2 aliphatic heterocycles. The zero-order chi connectivity index (χ0) is 14.2. The molecule has 3 rings (SSSR count). The van der Waals surface area contributed by atoms with Gasteiger partial charge in [-0.2, -0.15) is 5.10 Å². The van der Waals surface area contributed by atoms with Crippen LogP contribution in [-0.4, -0.2) is 40.3 Å². The number of aliphatic hydroxyl groups is 1. The molecule has 2 aliphatic rings. The van der Waals surface area contributed by atoms with Gasteiger partial charge in [0.25, 0.3) is 0 Å². The van der Waals surface area contributed by atoms with Crippen LogP contribution in [0.5, 0.6) is 0 Å². The van der Waals surface area contributed by atoms with Gasteiger partial charge in [0, 0.05) is 31.1 Å². The van der Waals surface area contributed by atoms with E-state index < -0.39 is 0 Å². The van der Waals surface area contributed by atoms with Gasteiger partial charge >= 0.3 is 0 Å². The van der Waals surface area contributed by atoms with Crippen LogP contribution in [0.1, 0.15) is 48.7 Å². The van der Waals surface area contributed by atoms with Gasteiger partial charge in [-0.1, -0.05) is 0 Å². The molecule has 1 aromatic heterocycles. The highest BCUT2D eigenvalue weighted by molar-refractivity contribution is 5.24. The lowest BCUT2D eigenvalue weighted by atomic mass is 9.84. The Kier molecular flexibility index (Phi) is 3.84. The molecule has 0 amide bonds. The summed E-state index contributed by atoms with van der Waals surface area (Å²) in [4.78, 5) is 0. The summed E-state index contributed by atoms with van der Waals surface area (Å²) in [5.74, 6) is 0. The van der Waals surface area contributed by atoms with Crippen LogP contribution < -0.4 is 0 Å². The van der Waals surface area contributed by atoms with Crippen molar-refractivity contribution in [2.24, 2.45) is 0 Å². The van der Waals surface area contributed by atoms with Crippen molar-refractivity contribution in [2.75, 3.05) is 19.8 Å². The Labute approximate surface area is 119 Å². The molecule has 112 valence electrons. The highest BCUT2D eigenvalue weighted by Crippen LogP contribution is 2.39. The summed E-state index contributed by atoms with van der Waals surface area (Å²) >= 11 is 0. The summed E-state index contributed by atoms with van der Waals surface area (Å²) in [6.45, 7) is 6.48. The van der Waals surface area contributed by atoms with E-state index in [1.54, 1.807) is 0 Å². The second-order valence-corrected chi connectivity index (χ2v) is 6.04. The number of hydrogen-bond donors (Lipinski definition) is 1. The zero-order valence-corrected chi connectivity index (χ0v) is 12.4. The highest BCUT2D eigenvalue weighted by atomic mass is 16.5. The standard InChI is InChI=1S/C15H24N2O3/c1-11-14(10-18)12(2)17(16-11)13-3-6-20-15(9-13)4-7-19-8-5-15/h13,18H,3-10H2,1-2H3.